The van der Waals surface area contributed by atoms with E-state index in [1.54, 1.807) is 0 Å². The maximum atomic E-state index is 15.1. The van der Waals surface area contributed by atoms with E-state index in [1.807, 2.05) is 155 Å². The number of hydrogen-bond donors (Lipinski definition) is 0. The number of aryl methyl sites for hydroxylation is 2. The Morgan fingerprint density at radius 1 is 0.384 bits per heavy atom. The zero-order chi connectivity index (χ0) is 64.3. The average Bonchev–Trinajstić information content (AvgIpc) is 2.04. The van der Waals surface area contributed by atoms with Crippen LogP contribution in [0.3, 0.4) is 0 Å². The Labute approximate surface area is 509 Å². The Bertz CT molecular complexity index is 2820. The van der Waals surface area contributed by atoms with Gasteiger partial charge in [-0.25, -0.2) is 19.2 Å². The van der Waals surface area contributed by atoms with Crippen LogP contribution < -0.4 is 0 Å². The summed E-state index contributed by atoms with van der Waals surface area (Å²) in [5, 5.41) is 9.35. The number of carbonyl (C=O) groups is 8. The molecule has 2 aromatic heterocycles. The Kier molecular flexibility index (Phi) is 24.5. The summed E-state index contributed by atoms with van der Waals surface area (Å²) in [6.45, 7) is 30.5. The van der Waals surface area contributed by atoms with Crippen LogP contribution in [-0.4, -0.2) is 163 Å². The number of nitrogens with zero attached hydrogens (tertiary/aromatic N) is 8. The molecular formula is C66H96N8O12. The second kappa shape index (κ2) is 30.3. The first kappa shape index (κ1) is 69.4. The molecule has 1 fully saturated rings. The van der Waals surface area contributed by atoms with Crippen LogP contribution in [0.15, 0.2) is 48.5 Å². The van der Waals surface area contributed by atoms with Gasteiger partial charge in [0, 0.05) is 52.4 Å². The van der Waals surface area contributed by atoms with Crippen molar-refractivity contribution >= 4 is 47.5 Å². The normalized spacial score (nSPS) is 22.5. The number of carbonyl (C=O) groups excluding carboxylic acids is 8. The van der Waals surface area contributed by atoms with E-state index in [4.69, 9.17) is 18.9 Å². The first-order valence-corrected chi connectivity index (χ1v) is 30.3. The van der Waals surface area contributed by atoms with Gasteiger partial charge in [-0.15, -0.1) is 0 Å². The fourth-order valence-corrected chi connectivity index (χ4v) is 10.7. The van der Waals surface area contributed by atoms with Crippen LogP contribution in [-0.2, 0) is 83.2 Å². The second-order valence-electron chi connectivity index (χ2n) is 25.3. The van der Waals surface area contributed by atoms with E-state index in [-0.39, 0.29) is 62.2 Å². The topological polar surface area (TPSA) is 222 Å². The molecular weight excluding hydrogens is 1100 g/mol. The summed E-state index contributed by atoms with van der Waals surface area (Å²) in [6.07, 6.45) is -5.98. The van der Waals surface area contributed by atoms with Crippen LogP contribution in [0, 0.1) is 65.2 Å². The van der Waals surface area contributed by atoms with Crippen molar-refractivity contribution in [3.8, 4) is 0 Å². The van der Waals surface area contributed by atoms with E-state index in [2.05, 4.69) is 10.2 Å². The SMILES string of the molecule is Cc1nn(Cc2ccc(C[C@H]3OC(=O)[C@H](CC(C)C)N(C)C(=O)[C@@H](C)OC(=O)[C@H](CC(C)C)N(C)C(=O)[C@@H](Cc4ccc(Cn5nc(C)c(C)c5C)cc4)OC(=O)[C@H](CC(C)C)N(C)C(=O)[C@@H](C)OC(=O)[C@H](CC(C)C)N(C)C3=O)cc2)c(C)c1C. The van der Waals surface area contributed by atoms with Gasteiger partial charge in [0.2, 0.25) is 0 Å². The number of hydrogen-bond acceptors (Lipinski definition) is 14. The standard InChI is InChI=1S/C66H96N8O12/c1-37(2)29-53-63(79)83-47(15)59(75)69(17)56(32-40(7)8)66(82)86-58(34-50-23-27-52(28-24-50)36-74-46(14)42(10)44(12)68-74)62(78)72(20)54(30-38(3)4)64(80)84-48(16)60(76)70(18)55(31-39(5)6)65(81)85-57(61(77)71(53)19)33-49-21-25-51(26-22-49)35-73-45(13)41(9)43(11)67-73/h21-28,37-40,47-48,53-58H,29-36H2,1-20H3/t47-,48-,53+,54+,55+,56+,57-,58-/m1/s1. The zero-order valence-electron chi connectivity index (χ0n) is 54.7. The summed E-state index contributed by atoms with van der Waals surface area (Å²) in [7, 11) is 5.60. The maximum Gasteiger partial charge on any atom is 0.329 e. The van der Waals surface area contributed by atoms with Crippen molar-refractivity contribution in [3.63, 3.8) is 0 Å². The largest absolute Gasteiger partial charge is 0.451 e. The Morgan fingerprint density at radius 2 is 0.628 bits per heavy atom. The monoisotopic (exact) mass is 1190 g/mol. The molecule has 20 heteroatoms. The smallest absolute Gasteiger partial charge is 0.329 e. The Balaban J connectivity index is 1.59. The highest BCUT2D eigenvalue weighted by Gasteiger charge is 2.43. The van der Waals surface area contributed by atoms with Crippen molar-refractivity contribution in [2.75, 3.05) is 28.2 Å². The minimum atomic E-state index is -1.54. The van der Waals surface area contributed by atoms with Gasteiger partial charge < -0.3 is 38.5 Å². The molecule has 3 heterocycles. The third kappa shape index (κ3) is 17.9. The molecule has 8 atom stereocenters. The van der Waals surface area contributed by atoms with E-state index in [0.29, 0.717) is 24.2 Å². The maximum absolute atomic E-state index is 15.1. The highest BCUT2D eigenvalue weighted by molar-refractivity contribution is 5.94. The van der Waals surface area contributed by atoms with Gasteiger partial charge in [0.1, 0.15) is 24.2 Å². The number of benzene rings is 2. The highest BCUT2D eigenvalue weighted by atomic mass is 16.6. The quantitative estimate of drug-likeness (QED) is 0.0766. The molecule has 0 unspecified atom stereocenters. The van der Waals surface area contributed by atoms with Crippen LogP contribution >= 0.6 is 0 Å². The van der Waals surface area contributed by atoms with Gasteiger partial charge in [-0.2, -0.15) is 10.2 Å². The van der Waals surface area contributed by atoms with Gasteiger partial charge in [-0.1, -0.05) is 104 Å². The van der Waals surface area contributed by atoms with Crippen LogP contribution in [0.2, 0.25) is 0 Å². The van der Waals surface area contributed by atoms with E-state index >= 15 is 9.59 Å². The van der Waals surface area contributed by atoms with Crippen LogP contribution in [0.5, 0.6) is 0 Å². The molecule has 0 N–H and O–H groups in total. The molecule has 472 valence electrons. The minimum Gasteiger partial charge on any atom is -0.451 e. The molecule has 0 radical (unpaired) electrons. The molecule has 0 aliphatic carbocycles. The van der Waals surface area contributed by atoms with Gasteiger partial charge in [-0.3, -0.25) is 28.5 Å². The third-order valence-electron chi connectivity index (χ3n) is 16.5. The van der Waals surface area contributed by atoms with E-state index in [0.717, 1.165) is 54.8 Å². The number of likely N-dealkylation sites (N-methyl/N-ethyl adjacent to an activating group) is 4. The summed E-state index contributed by atoms with van der Waals surface area (Å²) in [4.78, 5) is 123. The predicted molar refractivity (Wildman–Crippen MR) is 326 cm³/mol. The van der Waals surface area contributed by atoms with Crippen LogP contribution in [0.25, 0.3) is 0 Å². The van der Waals surface area contributed by atoms with Gasteiger partial charge in [0.15, 0.2) is 24.4 Å². The number of ether oxygens (including phenoxy) is 4. The Morgan fingerprint density at radius 3 is 0.872 bits per heavy atom. The average molecular weight is 1190 g/mol. The predicted octanol–water partition coefficient (Wildman–Crippen LogP) is 8.00. The van der Waals surface area contributed by atoms with Crippen LogP contribution in [0.1, 0.15) is 151 Å². The molecule has 86 heavy (non-hydrogen) atoms. The summed E-state index contributed by atoms with van der Waals surface area (Å²) < 4.78 is 28.2. The van der Waals surface area contributed by atoms with Crippen molar-refractivity contribution in [3.05, 3.63) is 105 Å². The Hall–Kier alpha value is -7.38. The summed E-state index contributed by atoms with van der Waals surface area (Å²) in [5.74, 6) is -7.41. The lowest BCUT2D eigenvalue weighted by Gasteiger charge is -2.35. The number of rotatable bonds is 16. The molecule has 1 saturated heterocycles. The van der Waals surface area contributed by atoms with Crippen molar-refractivity contribution in [1.82, 2.24) is 39.2 Å². The minimum absolute atomic E-state index is 0.0825. The van der Waals surface area contributed by atoms with E-state index in [9.17, 15) is 28.8 Å². The van der Waals surface area contributed by atoms with Gasteiger partial charge in [-0.05, 0) is 138 Å². The van der Waals surface area contributed by atoms with Crippen LogP contribution in [0.4, 0.5) is 0 Å². The van der Waals surface area contributed by atoms with Crippen molar-refractivity contribution in [2.24, 2.45) is 23.7 Å². The van der Waals surface area contributed by atoms with Crippen molar-refractivity contribution in [1.29, 1.82) is 0 Å². The lowest BCUT2D eigenvalue weighted by atomic mass is 9.99. The summed E-state index contributed by atoms with van der Waals surface area (Å²) >= 11 is 0. The molecule has 4 aromatic rings. The molecule has 0 bridgehead atoms. The fraction of sp³-hybridized carbons (Fsp3) is 0.606. The first-order valence-electron chi connectivity index (χ1n) is 30.3. The van der Waals surface area contributed by atoms with Gasteiger partial charge in [0.25, 0.3) is 23.6 Å². The molecule has 4 amide bonds. The number of aromatic nitrogens is 4. The van der Waals surface area contributed by atoms with Crippen molar-refractivity contribution < 1.29 is 57.3 Å². The lowest BCUT2D eigenvalue weighted by molar-refractivity contribution is -0.176. The second-order valence-corrected chi connectivity index (χ2v) is 25.3. The highest BCUT2D eigenvalue weighted by Crippen LogP contribution is 2.26. The molecule has 0 saturated carbocycles. The van der Waals surface area contributed by atoms with E-state index < -0.39 is 96.1 Å². The molecule has 5 rings (SSSR count). The summed E-state index contributed by atoms with van der Waals surface area (Å²) in [6, 6.07) is 9.76. The molecule has 0 spiro atoms. The summed E-state index contributed by atoms with van der Waals surface area (Å²) in [5.41, 5.74) is 9.22. The van der Waals surface area contributed by atoms with Gasteiger partial charge >= 0.3 is 23.9 Å². The number of amides is 4. The molecule has 20 nitrogen and oxygen atoms in total. The van der Waals surface area contributed by atoms with E-state index in [1.165, 1.54) is 51.8 Å². The van der Waals surface area contributed by atoms with Gasteiger partial charge in [0.05, 0.1) is 24.5 Å². The first-order chi connectivity index (χ1) is 40.2. The third-order valence-corrected chi connectivity index (χ3v) is 16.5. The lowest BCUT2D eigenvalue weighted by Crippen LogP contribution is -2.55. The molecule has 1 aliphatic heterocycles. The fourth-order valence-electron chi connectivity index (χ4n) is 10.7. The number of esters is 4. The zero-order valence-corrected chi connectivity index (χ0v) is 54.7. The molecule has 1 aliphatic rings. The van der Waals surface area contributed by atoms with Crippen molar-refractivity contribution in [2.45, 2.75) is 211 Å². The number of cyclic esters (lactones) is 4. The molecule has 2 aromatic carbocycles.